The predicted molar refractivity (Wildman–Crippen MR) is 71.2 cm³/mol. The van der Waals surface area contributed by atoms with Gasteiger partial charge in [-0.3, -0.25) is 0 Å². The maximum absolute atomic E-state index is 5.32. The number of aromatic nitrogens is 1. The highest BCUT2D eigenvalue weighted by atomic mass is 16.6. The summed E-state index contributed by atoms with van der Waals surface area (Å²) >= 11 is 0. The van der Waals surface area contributed by atoms with Crippen LogP contribution in [0.1, 0.15) is 19.5 Å². The van der Waals surface area contributed by atoms with Gasteiger partial charge in [-0.05, 0) is 12.5 Å². The van der Waals surface area contributed by atoms with E-state index in [1.165, 1.54) is 0 Å². The first-order chi connectivity index (χ1) is 9.22. The normalized spacial score (nSPS) is 11.2. The van der Waals surface area contributed by atoms with E-state index >= 15 is 0 Å². The number of hydrogen-bond acceptors (Lipinski definition) is 6. The third-order valence-electron chi connectivity index (χ3n) is 2.27. The quantitative estimate of drug-likeness (QED) is 0.615. The number of hydrogen-bond donors (Lipinski definition) is 1. The van der Waals surface area contributed by atoms with Crippen molar-refractivity contribution in [2.45, 2.75) is 20.4 Å². The largest absolute Gasteiger partial charge is 0.448 e. The Morgan fingerprint density at radius 1 is 1.26 bits per heavy atom. The van der Waals surface area contributed by atoms with Crippen molar-refractivity contribution in [2.75, 3.05) is 40.1 Å². The summed E-state index contributed by atoms with van der Waals surface area (Å²) < 4.78 is 20.6. The molecule has 0 amide bonds. The van der Waals surface area contributed by atoms with Crippen molar-refractivity contribution in [1.29, 1.82) is 0 Å². The van der Waals surface area contributed by atoms with Gasteiger partial charge in [0.05, 0.1) is 25.5 Å². The van der Waals surface area contributed by atoms with E-state index in [1.54, 1.807) is 13.4 Å². The van der Waals surface area contributed by atoms with E-state index in [1.807, 2.05) is 0 Å². The Kier molecular flexibility index (Phi) is 8.20. The molecule has 0 fully saturated rings. The van der Waals surface area contributed by atoms with Gasteiger partial charge in [-0.25, -0.2) is 0 Å². The molecule has 0 saturated heterocycles. The van der Waals surface area contributed by atoms with Gasteiger partial charge >= 0.3 is 6.08 Å². The van der Waals surface area contributed by atoms with Crippen LogP contribution >= 0.6 is 0 Å². The van der Waals surface area contributed by atoms with Gasteiger partial charge in [0.1, 0.15) is 12.9 Å². The summed E-state index contributed by atoms with van der Waals surface area (Å²) in [7, 11) is 1.64. The number of nitrogens with zero attached hydrogens (tertiary/aromatic N) is 1. The van der Waals surface area contributed by atoms with Crippen LogP contribution in [0, 0.1) is 5.92 Å². The third-order valence-corrected chi connectivity index (χ3v) is 2.27. The van der Waals surface area contributed by atoms with Crippen LogP contribution in [0.3, 0.4) is 0 Å². The zero-order valence-corrected chi connectivity index (χ0v) is 12.0. The Morgan fingerprint density at radius 2 is 2.05 bits per heavy atom. The van der Waals surface area contributed by atoms with Crippen molar-refractivity contribution < 1.29 is 18.6 Å². The van der Waals surface area contributed by atoms with Crippen molar-refractivity contribution in [2.24, 2.45) is 5.92 Å². The first-order valence-electron chi connectivity index (χ1n) is 6.57. The standard InChI is InChI=1S/C13H24N2O4/c1-11(2)8-14-9-12-10-19-13(15-12)18-7-6-17-5-4-16-3/h10-11,14H,4-9H2,1-3H3. The summed E-state index contributed by atoms with van der Waals surface area (Å²) in [6.07, 6.45) is 1.89. The lowest BCUT2D eigenvalue weighted by atomic mass is 10.2. The molecule has 0 aliphatic heterocycles. The highest BCUT2D eigenvalue weighted by Gasteiger charge is 2.04. The molecule has 0 aliphatic carbocycles. The molecule has 1 rings (SSSR count). The molecule has 1 aromatic heterocycles. The number of ether oxygens (including phenoxy) is 3. The molecule has 0 spiro atoms. The lowest BCUT2D eigenvalue weighted by Gasteiger charge is -2.04. The second-order valence-electron chi connectivity index (χ2n) is 4.58. The molecule has 1 N–H and O–H groups in total. The SMILES string of the molecule is COCCOCCOc1nc(CNCC(C)C)co1. The molecule has 19 heavy (non-hydrogen) atoms. The lowest BCUT2D eigenvalue weighted by Crippen LogP contribution is -2.19. The van der Waals surface area contributed by atoms with Gasteiger partial charge in [-0.1, -0.05) is 13.8 Å². The van der Waals surface area contributed by atoms with Gasteiger partial charge in [0.25, 0.3) is 0 Å². The fourth-order valence-corrected chi connectivity index (χ4v) is 1.36. The highest BCUT2D eigenvalue weighted by Crippen LogP contribution is 2.09. The Morgan fingerprint density at radius 3 is 2.79 bits per heavy atom. The van der Waals surface area contributed by atoms with Gasteiger partial charge < -0.3 is 23.9 Å². The van der Waals surface area contributed by atoms with Gasteiger partial charge in [-0.15, -0.1) is 0 Å². The van der Waals surface area contributed by atoms with E-state index in [9.17, 15) is 0 Å². The molecule has 110 valence electrons. The monoisotopic (exact) mass is 272 g/mol. The van der Waals surface area contributed by atoms with Crippen molar-refractivity contribution in [1.82, 2.24) is 10.3 Å². The summed E-state index contributed by atoms with van der Waals surface area (Å²) in [6, 6.07) is 0. The van der Waals surface area contributed by atoms with Crippen LogP contribution in [0.2, 0.25) is 0 Å². The van der Waals surface area contributed by atoms with Crippen molar-refractivity contribution in [3.63, 3.8) is 0 Å². The van der Waals surface area contributed by atoms with Crippen LogP contribution in [0.15, 0.2) is 10.7 Å². The average molecular weight is 272 g/mol. The molecule has 0 saturated carbocycles. The Labute approximate surface area is 114 Å². The van der Waals surface area contributed by atoms with Crippen molar-refractivity contribution in [3.05, 3.63) is 12.0 Å². The summed E-state index contributed by atoms with van der Waals surface area (Å²) in [4.78, 5) is 4.21. The van der Waals surface area contributed by atoms with Gasteiger partial charge in [-0.2, -0.15) is 4.98 Å². The molecular formula is C13H24N2O4. The summed E-state index contributed by atoms with van der Waals surface area (Å²) in [5.74, 6) is 0.617. The number of rotatable bonds is 11. The minimum absolute atomic E-state index is 0.289. The summed E-state index contributed by atoms with van der Waals surface area (Å²) in [6.45, 7) is 8.03. The summed E-state index contributed by atoms with van der Waals surface area (Å²) in [5.41, 5.74) is 0.843. The molecule has 1 aromatic rings. The fraction of sp³-hybridized carbons (Fsp3) is 0.769. The molecule has 0 unspecified atom stereocenters. The smallest absolute Gasteiger partial charge is 0.393 e. The van der Waals surface area contributed by atoms with E-state index < -0.39 is 0 Å². The third kappa shape index (κ3) is 7.81. The van der Waals surface area contributed by atoms with Crippen LogP contribution in [-0.2, 0) is 16.0 Å². The van der Waals surface area contributed by atoms with Crippen LogP contribution in [-0.4, -0.2) is 45.1 Å². The Hall–Kier alpha value is -1.11. The van der Waals surface area contributed by atoms with Gasteiger partial charge in [0.15, 0.2) is 0 Å². The molecule has 0 radical (unpaired) electrons. The number of nitrogens with one attached hydrogen (secondary N) is 1. The molecule has 1 heterocycles. The molecule has 0 aliphatic rings. The second-order valence-corrected chi connectivity index (χ2v) is 4.58. The van der Waals surface area contributed by atoms with Gasteiger partial charge in [0.2, 0.25) is 0 Å². The van der Waals surface area contributed by atoms with Crippen LogP contribution in [0.4, 0.5) is 0 Å². The first kappa shape index (κ1) is 15.9. The molecular weight excluding hydrogens is 248 g/mol. The lowest BCUT2D eigenvalue weighted by molar-refractivity contribution is 0.0489. The zero-order chi connectivity index (χ0) is 13.9. The maximum Gasteiger partial charge on any atom is 0.393 e. The minimum atomic E-state index is 0.289. The topological polar surface area (TPSA) is 65.8 Å². The van der Waals surface area contributed by atoms with Crippen molar-refractivity contribution in [3.8, 4) is 6.08 Å². The van der Waals surface area contributed by atoms with Crippen molar-refractivity contribution >= 4 is 0 Å². The summed E-state index contributed by atoms with van der Waals surface area (Å²) in [5, 5.41) is 3.29. The molecule has 0 bridgehead atoms. The highest BCUT2D eigenvalue weighted by molar-refractivity contribution is 4.99. The number of oxazole rings is 1. The minimum Gasteiger partial charge on any atom is -0.448 e. The predicted octanol–water partition coefficient (Wildman–Crippen LogP) is 1.46. The molecule has 0 aromatic carbocycles. The van der Waals surface area contributed by atoms with E-state index in [0.29, 0.717) is 38.9 Å². The van der Waals surface area contributed by atoms with E-state index in [-0.39, 0.29) is 6.08 Å². The van der Waals surface area contributed by atoms with Crippen LogP contribution in [0.5, 0.6) is 6.08 Å². The second kappa shape index (κ2) is 9.77. The van der Waals surface area contributed by atoms with Crippen LogP contribution in [0.25, 0.3) is 0 Å². The average Bonchev–Trinajstić information content (AvgIpc) is 2.81. The molecule has 6 heteroatoms. The fourth-order valence-electron chi connectivity index (χ4n) is 1.36. The first-order valence-corrected chi connectivity index (χ1v) is 6.57. The van der Waals surface area contributed by atoms with E-state index in [0.717, 1.165) is 12.2 Å². The number of methoxy groups -OCH3 is 1. The molecule has 6 nitrogen and oxygen atoms in total. The Balaban J connectivity index is 2.09. The van der Waals surface area contributed by atoms with Crippen LogP contribution < -0.4 is 10.1 Å². The van der Waals surface area contributed by atoms with E-state index in [2.05, 4.69) is 24.1 Å². The zero-order valence-electron chi connectivity index (χ0n) is 12.0. The maximum atomic E-state index is 5.32. The van der Waals surface area contributed by atoms with E-state index in [4.69, 9.17) is 18.6 Å². The molecule has 0 atom stereocenters. The Bertz CT molecular complexity index is 328. The van der Waals surface area contributed by atoms with Gasteiger partial charge in [0, 0.05) is 13.7 Å².